The Kier molecular flexibility index (Phi) is 8.59. The molecule has 2 saturated carbocycles. The topological polar surface area (TPSA) is 108 Å². The van der Waals surface area contributed by atoms with E-state index in [2.05, 4.69) is 0 Å². The van der Waals surface area contributed by atoms with Crippen LogP contribution in [-0.2, 0) is 25.5 Å². The summed E-state index contributed by atoms with van der Waals surface area (Å²) in [6.45, 7) is 8.20. The number of ether oxygens (including phenoxy) is 3. The molecule has 9 nitrogen and oxygen atoms in total. The average Bonchev–Trinajstić information content (AvgIpc) is 3.55. The van der Waals surface area contributed by atoms with Gasteiger partial charge in [-0.2, -0.15) is 0 Å². The molecule has 0 N–H and O–H groups in total. The van der Waals surface area contributed by atoms with Gasteiger partial charge in [0.15, 0.2) is 0 Å². The molecule has 9 heteroatoms. The normalized spacial score (nSPS) is 32.9. The number of aldehydes is 1. The second-order valence-electron chi connectivity index (χ2n) is 14.5. The van der Waals surface area contributed by atoms with Crippen molar-refractivity contribution in [3.8, 4) is 11.6 Å². The highest BCUT2D eigenvalue weighted by molar-refractivity contribution is 5.87. The maximum atomic E-state index is 14.3. The quantitative estimate of drug-likeness (QED) is 0.331. The zero-order valence-corrected chi connectivity index (χ0v) is 26.8. The predicted octanol–water partition coefficient (Wildman–Crippen LogP) is 5.56. The summed E-state index contributed by atoms with van der Waals surface area (Å²) in [6, 6.07) is 5.00. The first-order valence-corrected chi connectivity index (χ1v) is 16.6. The lowest BCUT2D eigenvalue weighted by molar-refractivity contribution is -0.158. The molecule has 0 spiro atoms. The standard InChI is InChI=1S/C35H47N3O6/c1-6-23-29(19-39)38-18-30(23)43-33-27(36-26-13-12-22(42-5)16-28(26)37-33)11-9-7-8-10-20-14-21-15-24(21)32(20)44-31(40)17-25(34(38)41)35(2,3)4/h12-13,16,19-21,23-25,29-30,32H,6-11,14-15,17-18H2,1-5H3/t20-,21-,23+,24+,25-,29-,30+,32+/m1/s1. The number of aromatic nitrogens is 2. The zero-order valence-electron chi connectivity index (χ0n) is 26.8. The van der Waals surface area contributed by atoms with Crippen LogP contribution in [0.4, 0.5) is 0 Å². The molecule has 1 aromatic heterocycles. The van der Waals surface area contributed by atoms with Crippen molar-refractivity contribution in [3.63, 3.8) is 0 Å². The molecule has 1 saturated heterocycles. The Hall–Kier alpha value is -3.23. The number of fused-ring (bicyclic) bond motifs is 7. The van der Waals surface area contributed by atoms with E-state index in [0.717, 1.165) is 56.0 Å². The lowest BCUT2D eigenvalue weighted by Crippen LogP contribution is -2.46. The number of esters is 1. The average molecular weight is 606 g/mol. The van der Waals surface area contributed by atoms with Crippen molar-refractivity contribution in [2.75, 3.05) is 13.7 Å². The van der Waals surface area contributed by atoms with Gasteiger partial charge in [-0.25, -0.2) is 9.97 Å². The third kappa shape index (κ3) is 6.03. The van der Waals surface area contributed by atoms with Gasteiger partial charge in [0.1, 0.15) is 29.9 Å². The van der Waals surface area contributed by atoms with Crippen LogP contribution in [0.15, 0.2) is 18.2 Å². The highest BCUT2D eigenvalue weighted by Gasteiger charge is 2.55. The molecule has 2 aliphatic heterocycles. The molecule has 238 valence electrons. The van der Waals surface area contributed by atoms with Crippen LogP contribution in [0.5, 0.6) is 11.6 Å². The zero-order chi connectivity index (χ0) is 31.2. The monoisotopic (exact) mass is 605 g/mol. The van der Waals surface area contributed by atoms with E-state index < -0.39 is 23.5 Å². The van der Waals surface area contributed by atoms with E-state index in [0.29, 0.717) is 47.7 Å². The molecule has 6 rings (SSSR count). The molecule has 8 atom stereocenters. The van der Waals surface area contributed by atoms with Crippen molar-refractivity contribution >= 4 is 29.2 Å². The fraction of sp³-hybridized carbons (Fsp3) is 0.686. The molecular weight excluding hydrogens is 558 g/mol. The molecule has 2 bridgehead atoms. The van der Waals surface area contributed by atoms with E-state index >= 15 is 0 Å². The maximum absolute atomic E-state index is 14.3. The number of carbonyl (C=O) groups excluding carboxylic acids is 3. The van der Waals surface area contributed by atoms with Crippen molar-refractivity contribution in [2.45, 2.75) is 104 Å². The summed E-state index contributed by atoms with van der Waals surface area (Å²) < 4.78 is 18.3. The minimum Gasteiger partial charge on any atom is -0.497 e. The van der Waals surface area contributed by atoms with E-state index in [9.17, 15) is 14.4 Å². The molecule has 1 aromatic carbocycles. The summed E-state index contributed by atoms with van der Waals surface area (Å²) in [5.74, 6) is 1.33. The van der Waals surface area contributed by atoms with Gasteiger partial charge >= 0.3 is 5.97 Å². The molecule has 0 radical (unpaired) electrons. The van der Waals surface area contributed by atoms with E-state index in [1.165, 1.54) is 0 Å². The Labute approximate surface area is 260 Å². The highest BCUT2D eigenvalue weighted by atomic mass is 16.5. The molecule has 1 amide bonds. The number of nitrogens with zero attached hydrogens (tertiary/aromatic N) is 3. The maximum Gasteiger partial charge on any atom is 0.306 e. The fourth-order valence-electron chi connectivity index (χ4n) is 8.01. The highest BCUT2D eigenvalue weighted by Crippen LogP contribution is 2.57. The number of carbonyl (C=O) groups is 3. The molecule has 4 aliphatic rings. The molecule has 3 heterocycles. The Morgan fingerprint density at radius 2 is 1.86 bits per heavy atom. The van der Waals surface area contributed by atoms with Crippen LogP contribution in [-0.4, -0.2) is 64.9 Å². The number of methoxy groups -OCH3 is 1. The number of amides is 1. The van der Waals surface area contributed by atoms with E-state index in [-0.39, 0.29) is 36.9 Å². The Bertz CT molecular complexity index is 1400. The molecular formula is C35H47N3O6. The second kappa shape index (κ2) is 12.3. The van der Waals surface area contributed by atoms with Crippen LogP contribution in [0.3, 0.4) is 0 Å². The lowest BCUT2D eigenvalue weighted by atomic mass is 9.77. The first kappa shape index (κ1) is 30.8. The number of benzene rings is 1. The van der Waals surface area contributed by atoms with Crippen LogP contribution >= 0.6 is 0 Å². The number of aryl methyl sites for hydroxylation is 1. The van der Waals surface area contributed by atoms with Crippen molar-refractivity contribution < 1.29 is 28.6 Å². The predicted molar refractivity (Wildman–Crippen MR) is 165 cm³/mol. The van der Waals surface area contributed by atoms with Crippen LogP contribution in [0.2, 0.25) is 0 Å². The van der Waals surface area contributed by atoms with Gasteiger partial charge in [-0.05, 0) is 73.8 Å². The summed E-state index contributed by atoms with van der Waals surface area (Å²) in [7, 11) is 1.62. The van der Waals surface area contributed by atoms with E-state index in [4.69, 9.17) is 24.2 Å². The van der Waals surface area contributed by atoms with Gasteiger partial charge in [0, 0.05) is 12.0 Å². The third-order valence-corrected chi connectivity index (χ3v) is 10.7. The van der Waals surface area contributed by atoms with E-state index in [1.54, 1.807) is 12.0 Å². The lowest BCUT2D eigenvalue weighted by Gasteiger charge is -2.34. The van der Waals surface area contributed by atoms with Crippen LogP contribution in [0, 0.1) is 35.0 Å². The summed E-state index contributed by atoms with van der Waals surface area (Å²) in [5, 5.41) is 0. The Morgan fingerprint density at radius 3 is 2.59 bits per heavy atom. The van der Waals surface area contributed by atoms with Crippen LogP contribution in [0.1, 0.15) is 84.8 Å². The second-order valence-corrected chi connectivity index (χ2v) is 14.5. The summed E-state index contributed by atoms with van der Waals surface area (Å²) in [4.78, 5) is 51.8. The number of rotatable bonds is 3. The molecule has 2 aliphatic carbocycles. The largest absolute Gasteiger partial charge is 0.497 e. The van der Waals surface area contributed by atoms with E-state index in [1.807, 2.05) is 45.9 Å². The van der Waals surface area contributed by atoms with Gasteiger partial charge in [0.25, 0.3) is 0 Å². The smallest absolute Gasteiger partial charge is 0.306 e. The van der Waals surface area contributed by atoms with Crippen molar-refractivity contribution in [1.82, 2.24) is 14.9 Å². The van der Waals surface area contributed by atoms with Crippen molar-refractivity contribution in [2.24, 2.45) is 35.0 Å². The molecule has 2 aromatic rings. The van der Waals surface area contributed by atoms with Crippen LogP contribution < -0.4 is 9.47 Å². The fourth-order valence-corrected chi connectivity index (χ4v) is 8.01. The Morgan fingerprint density at radius 1 is 1.05 bits per heavy atom. The molecule has 0 unspecified atom stereocenters. The first-order valence-electron chi connectivity index (χ1n) is 16.6. The van der Waals surface area contributed by atoms with Crippen LogP contribution in [0.25, 0.3) is 11.0 Å². The summed E-state index contributed by atoms with van der Waals surface area (Å²) in [6.07, 6.45) is 8.09. The van der Waals surface area contributed by atoms with Gasteiger partial charge in [-0.1, -0.05) is 40.5 Å². The van der Waals surface area contributed by atoms with Gasteiger partial charge in [-0.15, -0.1) is 0 Å². The number of hydrogen-bond donors (Lipinski definition) is 0. The third-order valence-electron chi connectivity index (χ3n) is 10.7. The number of hydrogen-bond acceptors (Lipinski definition) is 8. The van der Waals surface area contributed by atoms with Gasteiger partial charge in [-0.3, -0.25) is 9.59 Å². The van der Waals surface area contributed by atoms with Gasteiger partial charge < -0.3 is 23.9 Å². The van der Waals surface area contributed by atoms with Crippen molar-refractivity contribution in [1.29, 1.82) is 0 Å². The molecule has 44 heavy (non-hydrogen) atoms. The summed E-state index contributed by atoms with van der Waals surface area (Å²) in [5.41, 5.74) is 1.75. The molecule has 3 fully saturated rings. The minimum absolute atomic E-state index is 0.00939. The van der Waals surface area contributed by atoms with Crippen molar-refractivity contribution in [3.05, 3.63) is 23.9 Å². The Balaban J connectivity index is 1.36. The minimum atomic E-state index is -0.649. The summed E-state index contributed by atoms with van der Waals surface area (Å²) >= 11 is 0. The first-order chi connectivity index (χ1) is 21.1. The van der Waals surface area contributed by atoms with Gasteiger partial charge in [0.2, 0.25) is 11.8 Å². The SMILES string of the molecule is CC[C@@H]1[C@@H]2CN(C(=O)[C@H](C(C)(C)C)CC(=O)O[C@H]3[C@H](CCCCCc4nc5ccc(OC)cc5nc4O2)C[C@@H]2C[C@@H]23)[C@@H]1C=O. The van der Waals surface area contributed by atoms with Gasteiger partial charge in [0.05, 0.1) is 43.1 Å².